The molecule has 0 amide bonds. The van der Waals surface area contributed by atoms with Crippen molar-refractivity contribution in [2.24, 2.45) is 0 Å². The molecule has 4 nitrogen and oxygen atoms in total. The number of hydrogen-bond donors (Lipinski definition) is 0. The third kappa shape index (κ3) is 6.57. The molecule has 0 bridgehead atoms. The van der Waals surface area contributed by atoms with Crippen molar-refractivity contribution < 1.29 is 19.4 Å². The summed E-state index contributed by atoms with van der Waals surface area (Å²) in [6.07, 6.45) is 2.80. The highest BCUT2D eigenvalue weighted by Crippen LogP contribution is 1.92. The average molecular weight is 157 g/mol. The number of carboxylic acid groups (broad SMARTS) is 1. The van der Waals surface area contributed by atoms with Gasteiger partial charge >= 0.3 is 5.97 Å². The number of rotatable bonds is 4. The number of carbonyl (C=O) groups excluding carboxylic acids is 2. The Bertz CT molecular complexity index is 171. The van der Waals surface area contributed by atoms with Gasteiger partial charge in [-0.3, -0.25) is 4.79 Å². The standard InChI is InChI=1S/C7H10O4/c1-11-7(10)5-3-2-4-6(8)9/h2,4H,3,5H2,1H3,(H,8,9)/p-1. The van der Waals surface area contributed by atoms with Crippen LogP contribution in [0.25, 0.3) is 0 Å². The SMILES string of the molecule is COC(=O)CCC=CC(=O)[O-]. The highest BCUT2D eigenvalue weighted by Gasteiger charge is 1.94. The molecule has 62 valence electrons. The van der Waals surface area contributed by atoms with E-state index in [1.54, 1.807) is 0 Å². The van der Waals surface area contributed by atoms with Crippen molar-refractivity contribution >= 4 is 11.9 Å². The first-order valence-corrected chi connectivity index (χ1v) is 3.11. The van der Waals surface area contributed by atoms with Crippen molar-refractivity contribution in [3.8, 4) is 0 Å². The van der Waals surface area contributed by atoms with E-state index in [9.17, 15) is 14.7 Å². The summed E-state index contributed by atoms with van der Waals surface area (Å²) in [7, 11) is 1.28. The molecule has 0 saturated heterocycles. The predicted octanol–water partition coefficient (Wildman–Crippen LogP) is -0.754. The lowest BCUT2D eigenvalue weighted by Gasteiger charge is -1.94. The highest BCUT2D eigenvalue weighted by atomic mass is 16.5. The van der Waals surface area contributed by atoms with Crippen LogP contribution in [-0.2, 0) is 14.3 Å². The quantitative estimate of drug-likeness (QED) is 0.397. The molecule has 0 aliphatic carbocycles. The van der Waals surface area contributed by atoms with E-state index in [4.69, 9.17) is 0 Å². The van der Waals surface area contributed by atoms with Crippen molar-refractivity contribution in [1.82, 2.24) is 0 Å². The largest absolute Gasteiger partial charge is 0.545 e. The molecular weight excluding hydrogens is 148 g/mol. The van der Waals surface area contributed by atoms with E-state index in [1.807, 2.05) is 0 Å². The zero-order valence-electron chi connectivity index (χ0n) is 6.20. The summed E-state index contributed by atoms with van der Waals surface area (Å²) in [6, 6.07) is 0. The van der Waals surface area contributed by atoms with Gasteiger partial charge in [-0.2, -0.15) is 0 Å². The van der Waals surface area contributed by atoms with E-state index in [2.05, 4.69) is 4.74 Å². The van der Waals surface area contributed by atoms with Crippen LogP contribution in [0.4, 0.5) is 0 Å². The Labute approximate surface area is 64.5 Å². The predicted molar refractivity (Wildman–Crippen MR) is 35.4 cm³/mol. The Balaban J connectivity index is 3.41. The Morgan fingerprint density at radius 1 is 1.55 bits per heavy atom. The van der Waals surface area contributed by atoms with Crippen LogP contribution in [0.2, 0.25) is 0 Å². The Hall–Kier alpha value is -1.32. The first kappa shape index (κ1) is 9.68. The van der Waals surface area contributed by atoms with Gasteiger partial charge in [-0.1, -0.05) is 6.08 Å². The topological polar surface area (TPSA) is 66.4 Å². The molecule has 0 heterocycles. The smallest absolute Gasteiger partial charge is 0.305 e. The molecule has 0 aliphatic heterocycles. The summed E-state index contributed by atoms with van der Waals surface area (Å²) in [5.74, 6) is -1.61. The molecule has 0 aromatic rings. The molecule has 11 heavy (non-hydrogen) atoms. The van der Waals surface area contributed by atoms with Crippen molar-refractivity contribution in [2.75, 3.05) is 7.11 Å². The molecule has 0 N–H and O–H groups in total. The first-order chi connectivity index (χ1) is 5.16. The fraction of sp³-hybridized carbons (Fsp3) is 0.429. The van der Waals surface area contributed by atoms with Gasteiger partial charge in [0, 0.05) is 6.42 Å². The number of esters is 1. The molecule has 0 spiro atoms. The molecule has 0 aromatic heterocycles. The molecule has 0 rings (SSSR count). The zero-order valence-corrected chi connectivity index (χ0v) is 6.20. The summed E-state index contributed by atoms with van der Waals surface area (Å²) in [5.41, 5.74) is 0. The molecule has 0 fully saturated rings. The van der Waals surface area contributed by atoms with Crippen molar-refractivity contribution in [2.45, 2.75) is 12.8 Å². The van der Waals surface area contributed by atoms with Gasteiger partial charge < -0.3 is 14.6 Å². The number of methoxy groups -OCH3 is 1. The molecule has 0 aliphatic rings. The van der Waals surface area contributed by atoms with Gasteiger partial charge in [-0.25, -0.2) is 0 Å². The van der Waals surface area contributed by atoms with E-state index in [-0.39, 0.29) is 12.4 Å². The second kappa shape index (κ2) is 5.46. The zero-order chi connectivity index (χ0) is 8.69. The van der Waals surface area contributed by atoms with Gasteiger partial charge in [0.1, 0.15) is 0 Å². The Morgan fingerprint density at radius 2 is 2.18 bits per heavy atom. The molecule has 0 atom stereocenters. The normalized spacial score (nSPS) is 9.91. The summed E-state index contributed by atoms with van der Waals surface area (Å²) in [4.78, 5) is 20.2. The summed E-state index contributed by atoms with van der Waals surface area (Å²) < 4.78 is 4.32. The van der Waals surface area contributed by atoms with E-state index < -0.39 is 5.97 Å². The fourth-order valence-electron chi connectivity index (χ4n) is 0.483. The molecule has 0 unspecified atom stereocenters. The average Bonchev–Trinajstić information content (AvgIpc) is 1.97. The number of ether oxygens (including phenoxy) is 1. The lowest BCUT2D eigenvalue weighted by Crippen LogP contribution is -2.18. The second-order valence-electron chi connectivity index (χ2n) is 1.84. The monoisotopic (exact) mass is 157 g/mol. The molecule has 0 saturated carbocycles. The number of allylic oxidation sites excluding steroid dienone is 1. The lowest BCUT2D eigenvalue weighted by atomic mass is 10.3. The third-order valence-corrected chi connectivity index (χ3v) is 0.997. The number of hydrogen-bond acceptors (Lipinski definition) is 4. The molecular formula is C7H9O4-. The highest BCUT2D eigenvalue weighted by molar-refractivity contribution is 5.77. The molecule has 0 radical (unpaired) electrons. The van der Waals surface area contributed by atoms with Crippen LogP contribution < -0.4 is 5.11 Å². The van der Waals surface area contributed by atoms with Crippen LogP contribution in [0.1, 0.15) is 12.8 Å². The minimum absolute atomic E-state index is 0.195. The second-order valence-corrected chi connectivity index (χ2v) is 1.84. The minimum Gasteiger partial charge on any atom is -0.545 e. The fourth-order valence-corrected chi connectivity index (χ4v) is 0.483. The van der Waals surface area contributed by atoms with E-state index in [1.165, 1.54) is 13.2 Å². The van der Waals surface area contributed by atoms with Gasteiger partial charge in [-0.15, -0.1) is 0 Å². The van der Waals surface area contributed by atoms with Crippen molar-refractivity contribution in [1.29, 1.82) is 0 Å². The van der Waals surface area contributed by atoms with E-state index in [0.717, 1.165) is 6.08 Å². The van der Waals surface area contributed by atoms with Crippen LogP contribution in [0.3, 0.4) is 0 Å². The van der Waals surface area contributed by atoms with E-state index >= 15 is 0 Å². The maximum absolute atomic E-state index is 10.4. The molecule has 4 heteroatoms. The van der Waals surface area contributed by atoms with Gasteiger partial charge in [0.05, 0.1) is 13.1 Å². The maximum Gasteiger partial charge on any atom is 0.305 e. The number of aliphatic carboxylic acids is 1. The van der Waals surface area contributed by atoms with Crippen LogP contribution >= 0.6 is 0 Å². The van der Waals surface area contributed by atoms with E-state index in [0.29, 0.717) is 6.42 Å². The van der Waals surface area contributed by atoms with Crippen LogP contribution in [0.15, 0.2) is 12.2 Å². The summed E-state index contributed by atoms with van der Waals surface area (Å²) in [6.45, 7) is 0. The third-order valence-electron chi connectivity index (χ3n) is 0.997. The van der Waals surface area contributed by atoms with Crippen LogP contribution in [-0.4, -0.2) is 19.0 Å². The summed E-state index contributed by atoms with van der Waals surface area (Å²) >= 11 is 0. The van der Waals surface area contributed by atoms with Crippen LogP contribution in [0.5, 0.6) is 0 Å². The Morgan fingerprint density at radius 3 is 2.64 bits per heavy atom. The molecule has 0 aromatic carbocycles. The van der Waals surface area contributed by atoms with Gasteiger partial charge in [0.15, 0.2) is 0 Å². The first-order valence-electron chi connectivity index (χ1n) is 3.11. The lowest BCUT2D eigenvalue weighted by molar-refractivity contribution is -0.297. The van der Waals surface area contributed by atoms with Crippen LogP contribution in [0, 0.1) is 0 Å². The van der Waals surface area contributed by atoms with Crippen molar-refractivity contribution in [3.63, 3.8) is 0 Å². The summed E-state index contributed by atoms with van der Waals surface area (Å²) in [5, 5.41) is 9.80. The van der Waals surface area contributed by atoms with Crippen molar-refractivity contribution in [3.05, 3.63) is 12.2 Å². The van der Waals surface area contributed by atoms with Gasteiger partial charge in [0.2, 0.25) is 0 Å². The number of carbonyl (C=O) groups is 2. The minimum atomic E-state index is -1.25. The Kier molecular flexibility index (Phi) is 4.81. The number of carboxylic acids is 1. The maximum atomic E-state index is 10.4. The van der Waals surface area contributed by atoms with Gasteiger partial charge in [-0.05, 0) is 12.5 Å². The van der Waals surface area contributed by atoms with Gasteiger partial charge in [0.25, 0.3) is 0 Å².